The van der Waals surface area contributed by atoms with E-state index < -0.39 is 0 Å². The lowest BCUT2D eigenvalue weighted by atomic mass is 9.94. The Bertz CT molecular complexity index is 1050. The highest BCUT2D eigenvalue weighted by Crippen LogP contribution is 2.24. The molecule has 1 saturated heterocycles. The number of hydrogen-bond donors (Lipinski definition) is 1. The molecular formula is C25H29FN4O2. The zero-order chi connectivity index (χ0) is 22.5. The van der Waals surface area contributed by atoms with E-state index in [-0.39, 0.29) is 23.7 Å². The Morgan fingerprint density at radius 3 is 2.78 bits per heavy atom. The summed E-state index contributed by atoms with van der Waals surface area (Å²) in [6.07, 6.45) is 2.66. The molecule has 7 heteroatoms. The molecule has 1 N–H and O–H groups in total. The van der Waals surface area contributed by atoms with E-state index in [0.717, 1.165) is 25.8 Å². The fourth-order valence-corrected chi connectivity index (χ4v) is 4.31. The number of nitrogens with one attached hydrogen (secondary N) is 1. The zero-order valence-corrected chi connectivity index (χ0v) is 18.6. The highest BCUT2D eigenvalue weighted by molar-refractivity contribution is 5.79. The summed E-state index contributed by atoms with van der Waals surface area (Å²) in [5.74, 6) is 0.665. The third-order valence-corrected chi connectivity index (χ3v) is 6.09. The van der Waals surface area contributed by atoms with Crippen molar-refractivity contribution in [3.63, 3.8) is 0 Å². The molecule has 2 aromatic carbocycles. The van der Waals surface area contributed by atoms with Crippen LogP contribution in [0.3, 0.4) is 0 Å². The first-order valence-corrected chi connectivity index (χ1v) is 11.2. The van der Waals surface area contributed by atoms with Crippen molar-refractivity contribution in [1.29, 1.82) is 0 Å². The number of aryl methyl sites for hydroxylation is 1. The molecule has 32 heavy (non-hydrogen) atoms. The molecule has 1 fully saturated rings. The molecule has 6 nitrogen and oxygen atoms in total. The summed E-state index contributed by atoms with van der Waals surface area (Å²) in [6.45, 7) is 6.21. The van der Waals surface area contributed by atoms with Gasteiger partial charge >= 0.3 is 0 Å². The number of hydrogen-bond acceptors (Lipinski definition) is 5. The van der Waals surface area contributed by atoms with Crippen LogP contribution in [0.15, 0.2) is 53.1 Å². The van der Waals surface area contributed by atoms with E-state index in [1.165, 1.54) is 23.3 Å². The van der Waals surface area contributed by atoms with Crippen molar-refractivity contribution in [2.45, 2.75) is 45.7 Å². The van der Waals surface area contributed by atoms with Crippen LogP contribution in [0.5, 0.6) is 0 Å². The molecule has 0 saturated carbocycles. The van der Waals surface area contributed by atoms with Gasteiger partial charge in [0.2, 0.25) is 17.6 Å². The highest BCUT2D eigenvalue weighted by atomic mass is 19.1. The molecule has 1 aliphatic rings. The second kappa shape index (κ2) is 10.0. The summed E-state index contributed by atoms with van der Waals surface area (Å²) >= 11 is 0. The molecule has 0 spiro atoms. The van der Waals surface area contributed by atoms with Gasteiger partial charge in [-0.1, -0.05) is 36.3 Å². The Hall–Kier alpha value is -3.06. The summed E-state index contributed by atoms with van der Waals surface area (Å²) < 4.78 is 18.5. The van der Waals surface area contributed by atoms with E-state index in [1.54, 1.807) is 12.1 Å². The number of rotatable bonds is 7. The van der Waals surface area contributed by atoms with Crippen LogP contribution in [-0.2, 0) is 11.3 Å². The molecule has 1 aromatic heterocycles. The van der Waals surface area contributed by atoms with Crippen molar-refractivity contribution in [2.24, 2.45) is 5.92 Å². The quantitative estimate of drug-likeness (QED) is 0.583. The van der Waals surface area contributed by atoms with Gasteiger partial charge in [0.15, 0.2) is 0 Å². The molecular weight excluding hydrogens is 407 g/mol. The monoisotopic (exact) mass is 436 g/mol. The van der Waals surface area contributed by atoms with Crippen molar-refractivity contribution < 1.29 is 13.7 Å². The first-order chi connectivity index (χ1) is 15.5. The smallest absolute Gasteiger partial charge is 0.241 e. The predicted molar refractivity (Wildman–Crippen MR) is 120 cm³/mol. The molecule has 2 unspecified atom stereocenters. The molecule has 0 bridgehead atoms. The van der Waals surface area contributed by atoms with Crippen molar-refractivity contribution in [3.05, 3.63) is 71.4 Å². The van der Waals surface area contributed by atoms with Crippen LogP contribution >= 0.6 is 0 Å². The summed E-state index contributed by atoms with van der Waals surface area (Å²) in [5, 5.41) is 7.27. The number of aromatic nitrogens is 2. The van der Waals surface area contributed by atoms with Gasteiger partial charge in [-0.15, -0.1) is 0 Å². The van der Waals surface area contributed by atoms with Crippen LogP contribution in [-0.4, -0.2) is 34.0 Å². The van der Waals surface area contributed by atoms with Gasteiger partial charge in [-0.25, -0.2) is 4.39 Å². The molecule has 2 heterocycles. The Labute approximate surface area is 187 Å². The van der Waals surface area contributed by atoms with Crippen LogP contribution in [0.2, 0.25) is 0 Å². The van der Waals surface area contributed by atoms with E-state index in [1.807, 2.05) is 12.1 Å². The summed E-state index contributed by atoms with van der Waals surface area (Å²) in [6, 6.07) is 14.2. The maximum absolute atomic E-state index is 13.1. The Morgan fingerprint density at radius 1 is 1.25 bits per heavy atom. The molecule has 0 radical (unpaired) electrons. The zero-order valence-electron chi connectivity index (χ0n) is 18.6. The van der Waals surface area contributed by atoms with E-state index in [9.17, 15) is 9.18 Å². The van der Waals surface area contributed by atoms with Gasteiger partial charge in [-0.05, 0) is 68.1 Å². The van der Waals surface area contributed by atoms with Gasteiger partial charge in [0.25, 0.3) is 0 Å². The molecule has 4 rings (SSSR count). The minimum Gasteiger partial charge on any atom is -0.349 e. The van der Waals surface area contributed by atoms with E-state index in [0.29, 0.717) is 30.4 Å². The minimum absolute atomic E-state index is 0.0216. The largest absolute Gasteiger partial charge is 0.349 e. The molecule has 3 aromatic rings. The van der Waals surface area contributed by atoms with Gasteiger partial charge in [-0.3, -0.25) is 9.69 Å². The molecule has 0 aliphatic carbocycles. The minimum atomic E-state index is -0.303. The molecule has 1 amide bonds. The van der Waals surface area contributed by atoms with E-state index >= 15 is 0 Å². The normalized spacial score (nSPS) is 17.8. The maximum Gasteiger partial charge on any atom is 0.241 e. The molecule has 2 atom stereocenters. The first-order valence-electron chi connectivity index (χ1n) is 11.2. The topological polar surface area (TPSA) is 71.3 Å². The average Bonchev–Trinajstić information content (AvgIpc) is 3.27. The molecule has 168 valence electrons. The van der Waals surface area contributed by atoms with E-state index in [2.05, 4.69) is 46.3 Å². The fourth-order valence-electron chi connectivity index (χ4n) is 4.31. The molecule has 1 aliphatic heterocycles. The second-order valence-electron chi connectivity index (χ2n) is 8.42. The number of likely N-dealkylation sites (tertiary alicyclic amines) is 1. The van der Waals surface area contributed by atoms with E-state index in [4.69, 9.17) is 4.52 Å². The second-order valence-corrected chi connectivity index (χ2v) is 8.42. The third kappa shape index (κ3) is 5.22. The number of piperidine rings is 1. The average molecular weight is 437 g/mol. The lowest BCUT2D eigenvalue weighted by molar-refractivity contribution is -0.127. The lowest BCUT2D eigenvalue weighted by Gasteiger charge is -2.32. The van der Waals surface area contributed by atoms with Crippen LogP contribution < -0.4 is 5.32 Å². The Morgan fingerprint density at radius 2 is 2.03 bits per heavy atom. The third-order valence-electron chi connectivity index (χ3n) is 6.09. The Balaban J connectivity index is 1.36. The van der Waals surface area contributed by atoms with Crippen LogP contribution in [0, 0.1) is 18.7 Å². The highest BCUT2D eigenvalue weighted by Gasteiger charge is 2.28. The van der Waals surface area contributed by atoms with Crippen LogP contribution in [0.25, 0.3) is 11.4 Å². The van der Waals surface area contributed by atoms with Crippen LogP contribution in [0.1, 0.15) is 49.2 Å². The number of benzene rings is 2. The van der Waals surface area contributed by atoms with Crippen molar-refractivity contribution in [2.75, 3.05) is 13.1 Å². The lowest BCUT2D eigenvalue weighted by Crippen LogP contribution is -2.43. The standard InChI is InChI=1S/C25H29FN4O2/c1-3-22(21-9-5-4-7-17(21)2)27-25(31)19-8-6-14-30(15-19)16-23-28-24(29-32-23)18-10-12-20(26)13-11-18/h4-5,7,9-13,19,22H,3,6,8,14-16H2,1-2H3,(H,27,31). The Kier molecular flexibility index (Phi) is 6.95. The van der Waals surface area contributed by atoms with Gasteiger partial charge in [-0.2, -0.15) is 4.98 Å². The number of nitrogens with zero attached hydrogens (tertiary/aromatic N) is 3. The SMILES string of the molecule is CCC(NC(=O)C1CCCN(Cc2nc(-c3ccc(F)cc3)no2)C1)c1ccccc1C. The number of amides is 1. The summed E-state index contributed by atoms with van der Waals surface area (Å²) in [5.41, 5.74) is 3.08. The van der Waals surface area contributed by atoms with Gasteiger partial charge in [0, 0.05) is 12.1 Å². The van der Waals surface area contributed by atoms with Crippen molar-refractivity contribution >= 4 is 5.91 Å². The predicted octanol–water partition coefficient (Wildman–Crippen LogP) is 4.66. The van der Waals surface area contributed by atoms with Crippen LogP contribution in [0.4, 0.5) is 4.39 Å². The maximum atomic E-state index is 13.1. The van der Waals surface area contributed by atoms with Gasteiger partial charge < -0.3 is 9.84 Å². The summed E-state index contributed by atoms with van der Waals surface area (Å²) in [4.78, 5) is 19.7. The van der Waals surface area contributed by atoms with Crippen molar-refractivity contribution in [3.8, 4) is 11.4 Å². The van der Waals surface area contributed by atoms with Gasteiger partial charge in [0.05, 0.1) is 18.5 Å². The first kappa shape index (κ1) is 22.1. The fraction of sp³-hybridized carbons (Fsp3) is 0.400. The number of carbonyl (C=O) groups excluding carboxylic acids is 1. The van der Waals surface area contributed by atoms with Gasteiger partial charge in [0.1, 0.15) is 5.82 Å². The summed E-state index contributed by atoms with van der Waals surface area (Å²) in [7, 11) is 0. The number of carbonyl (C=O) groups is 1. The number of halogens is 1. The van der Waals surface area contributed by atoms with Crippen molar-refractivity contribution in [1.82, 2.24) is 20.4 Å².